The summed E-state index contributed by atoms with van der Waals surface area (Å²) >= 11 is 1.42. The first kappa shape index (κ1) is 19.3. The highest BCUT2D eigenvalue weighted by molar-refractivity contribution is 7.17. The van der Waals surface area contributed by atoms with Crippen molar-refractivity contribution in [2.45, 2.75) is 6.92 Å². The van der Waals surface area contributed by atoms with Gasteiger partial charge >= 0.3 is 0 Å². The van der Waals surface area contributed by atoms with Crippen LogP contribution in [0.2, 0.25) is 0 Å². The number of para-hydroxylation sites is 1. The molecule has 0 saturated heterocycles. The van der Waals surface area contributed by atoms with Crippen molar-refractivity contribution in [2.24, 2.45) is 7.05 Å². The lowest BCUT2D eigenvalue weighted by molar-refractivity contribution is -0.671. The molecule has 0 spiro atoms. The largest absolute Gasteiger partial charge is 1.00 e. The van der Waals surface area contributed by atoms with E-state index in [2.05, 4.69) is 10.3 Å². The Hall–Kier alpha value is -2.06. The predicted molar refractivity (Wildman–Crippen MR) is 97.0 cm³/mol. The average molecular weight is 463 g/mol. The minimum Gasteiger partial charge on any atom is -1.00 e. The van der Waals surface area contributed by atoms with Crippen molar-refractivity contribution in [3.63, 3.8) is 0 Å². The van der Waals surface area contributed by atoms with E-state index in [9.17, 15) is 4.79 Å². The van der Waals surface area contributed by atoms with E-state index in [4.69, 9.17) is 0 Å². The van der Waals surface area contributed by atoms with E-state index in [0.717, 1.165) is 22.0 Å². The van der Waals surface area contributed by atoms with Gasteiger partial charge in [-0.1, -0.05) is 18.2 Å². The van der Waals surface area contributed by atoms with Crippen LogP contribution in [-0.2, 0) is 7.05 Å². The van der Waals surface area contributed by atoms with Crippen molar-refractivity contribution in [1.82, 2.24) is 4.98 Å². The van der Waals surface area contributed by atoms with E-state index < -0.39 is 0 Å². The maximum atomic E-state index is 12.4. The van der Waals surface area contributed by atoms with Gasteiger partial charge in [0, 0.05) is 24.0 Å². The van der Waals surface area contributed by atoms with Gasteiger partial charge in [0.2, 0.25) is 0 Å². The smallest absolute Gasteiger partial charge is 0.199 e. The van der Waals surface area contributed by atoms with Gasteiger partial charge in [-0.3, -0.25) is 4.79 Å². The minimum absolute atomic E-state index is 0. The SMILES string of the molecule is Cc1nc(-c2ccc[n+](C)c2)sc1C(=O)/C=C/Nc1ccccc1.[I-]. The van der Waals surface area contributed by atoms with E-state index in [1.54, 1.807) is 12.3 Å². The minimum atomic E-state index is -0.0417. The highest BCUT2D eigenvalue weighted by Gasteiger charge is 2.15. The number of halogens is 1. The van der Waals surface area contributed by atoms with E-state index in [1.807, 2.05) is 73.4 Å². The van der Waals surface area contributed by atoms with Crippen molar-refractivity contribution in [1.29, 1.82) is 0 Å². The highest BCUT2D eigenvalue weighted by atomic mass is 127. The molecule has 2 aromatic heterocycles. The third-order valence-electron chi connectivity index (χ3n) is 3.47. The monoisotopic (exact) mass is 463 g/mol. The molecule has 2 heterocycles. The normalized spacial score (nSPS) is 10.5. The molecule has 3 aromatic rings. The fraction of sp³-hybridized carbons (Fsp3) is 0.105. The average Bonchev–Trinajstić information content (AvgIpc) is 2.98. The molecule has 0 amide bonds. The number of allylic oxidation sites excluding steroid dienone is 1. The summed E-state index contributed by atoms with van der Waals surface area (Å²) in [4.78, 5) is 17.6. The first-order chi connectivity index (χ1) is 11.6. The number of hydrogen-bond acceptors (Lipinski definition) is 4. The number of anilines is 1. The lowest BCUT2D eigenvalue weighted by Gasteiger charge is -1.98. The highest BCUT2D eigenvalue weighted by Crippen LogP contribution is 2.27. The van der Waals surface area contributed by atoms with Gasteiger partial charge in [-0.2, -0.15) is 0 Å². The summed E-state index contributed by atoms with van der Waals surface area (Å²) in [7, 11) is 1.97. The maximum Gasteiger partial charge on any atom is 0.199 e. The Morgan fingerprint density at radius 2 is 1.96 bits per heavy atom. The predicted octanol–water partition coefficient (Wildman–Crippen LogP) is 0.756. The number of aromatic nitrogens is 2. The maximum absolute atomic E-state index is 12.4. The third-order valence-corrected chi connectivity index (χ3v) is 4.69. The van der Waals surface area contributed by atoms with E-state index in [0.29, 0.717) is 4.88 Å². The number of rotatable bonds is 5. The number of nitrogens with one attached hydrogen (secondary N) is 1. The lowest BCUT2D eigenvalue weighted by atomic mass is 10.2. The van der Waals surface area contributed by atoms with Crippen molar-refractivity contribution in [3.05, 3.63) is 77.7 Å². The van der Waals surface area contributed by atoms with Crippen LogP contribution in [0.4, 0.5) is 5.69 Å². The molecule has 1 aromatic carbocycles. The summed E-state index contributed by atoms with van der Waals surface area (Å²) in [5.74, 6) is -0.0417. The summed E-state index contributed by atoms with van der Waals surface area (Å²) in [5.41, 5.74) is 2.72. The van der Waals surface area contributed by atoms with Gasteiger partial charge in [0.1, 0.15) is 12.1 Å². The molecule has 128 valence electrons. The molecule has 6 heteroatoms. The van der Waals surface area contributed by atoms with E-state index in [1.165, 1.54) is 11.3 Å². The number of pyridine rings is 1. The number of thiazole rings is 1. The molecule has 0 aliphatic rings. The Bertz CT molecular complexity index is 891. The molecule has 0 aliphatic carbocycles. The van der Waals surface area contributed by atoms with Crippen LogP contribution in [0.1, 0.15) is 15.4 Å². The Labute approximate surface area is 168 Å². The van der Waals surface area contributed by atoms with Gasteiger partial charge in [-0.05, 0) is 25.1 Å². The lowest BCUT2D eigenvalue weighted by Crippen LogP contribution is -3.00. The fourth-order valence-corrected chi connectivity index (χ4v) is 3.26. The number of hydrogen-bond donors (Lipinski definition) is 1. The molecule has 0 unspecified atom stereocenters. The zero-order chi connectivity index (χ0) is 16.9. The van der Waals surface area contributed by atoms with Gasteiger partial charge in [0.05, 0.1) is 16.1 Å². The molecule has 4 nitrogen and oxygen atoms in total. The van der Waals surface area contributed by atoms with Crippen LogP contribution in [0.3, 0.4) is 0 Å². The second-order valence-corrected chi connectivity index (χ2v) is 6.40. The summed E-state index contributed by atoms with van der Waals surface area (Å²) in [6.45, 7) is 1.87. The summed E-state index contributed by atoms with van der Waals surface area (Å²) in [6, 6.07) is 13.7. The zero-order valence-electron chi connectivity index (χ0n) is 13.9. The number of aryl methyl sites for hydroxylation is 2. The molecular weight excluding hydrogens is 445 g/mol. The van der Waals surface area contributed by atoms with Crippen molar-refractivity contribution >= 4 is 22.8 Å². The molecular formula is C19H18IN3OS. The number of carbonyl (C=O) groups is 1. The van der Waals surface area contributed by atoms with Crippen LogP contribution in [0.5, 0.6) is 0 Å². The van der Waals surface area contributed by atoms with Crippen molar-refractivity contribution in [2.75, 3.05) is 5.32 Å². The van der Waals surface area contributed by atoms with Gasteiger partial charge in [-0.25, -0.2) is 9.55 Å². The molecule has 0 aliphatic heterocycles. The molecule has 0 fully saturated rings. The van der Waals surface area contributed by atoms with Crippen LogP contribution in [0, 0.1) is 6.92 Å². The number of benzene rings is 1. The first-order valence-electron chi connectivity index (χ1n) is 7.59. The fourth-order valence-electron chi connectivity index (χ4n) is 2.29. The Kier molecular flexibility index (Phi) is 6.83. The summed E-state index contributed by atoms with van der Waals surface area (Å²) < 4.78 is 1.97. The summed E-state index contributed by atoms with van der Waals surface area (Å²) in [6.07, 6.45) is 7.18. The first-order valence-corrected chi connectivity index (χ1v) is 8.41. The molecule has 0 saturated carbocycles. The Morgan fingerprint density at radius 3 is 2.68 bits per heavy atom. The zero-order valence-corrected chi connectivity index (χ0v) is 16.9. The molecule has 0 radical (unpaired) electrons. The van der Waals surface area contributed by atoms with Crippen LogP contribution in [-0.4, -0.2) is 10.8 Å². The van der Waals surface area contributed by atoms with Gasteiger partial charge in [-0.15, -0.1) is 11.3 Å². The van der Waals surface area contributed by atoms with Gasteiger partial charge in [0.25, 0.3) is 0 Å². The van der Waals surface area contributed by atoms with E-state index >= 15 is 0 Å². The van der Waals surface area contributed by atoms with Crippen LogP contribution < -0.4 is 33.9 Å². The van der Waals surface area contributed by atoms with Crippen LogP contribution >= 0.6 is 11.3 Å². The van der Waals surface area contributed by atoms with Crippen molar-refractivity contribution < 1.29 is 33.3 Å². The third kappa shape index (κ3) is 4.96. The van der Waals surface area contributed by atoms with Crippen LogP contribution in [0.15, 0.2) is 67.1 Å². The molecule has 0 bridgehead atoms. The molecule has 0 atom stereocenters. The molecule has 3 rings (SSSR count). The molecule has 1 N–H and O–H groups in total. The standard InChI is InChI=1S/C19H17N3OS.HI/c1-14-18(17(23)10-11-20-16-8-4-3-5-9-16)24-19(21-14)15-7-6-12-22(2)13-15;/h3-13H,1-2H3;1H. The second kappa shape index (κ2) is 8.87. The topological polar surface area (TPSA) is 45.9 Å². The number of carbonyl (C=O) groups excluding carboxylic acids is 1. The van der Waals surface area contributed by atoms with E-state index in [-0.39, 0.29) is 29.8 Å². The van der Waals surface area contributed by atoms with Gasteiger partial charge in [0.15, 0.2) is 18.2 Å². The van der Waals surface area contributed by atoms with Crippen molar-refractivity contribution in [3.8, 4) is 10.6 Å². The van der Waals surface area contributed by atoms with Crippen LogP contribution in [0.25, 0.3) is 10.6 Å². The molecule has 25 heavy (non-hydrogen) atoms. The number of nitrogens with zero attached hydrogens (tertiary/aromatic N) is 2. The Balaban J connectivity index is 0.00000225. The second-order valence-electron chi connectivity index (χ2n) is 5.40. The summed E-state index contributed by atoms with van der Waals surface area (Å²) in [5, 5.41) is 3.95. The van der Waals surface area contributed by atoms with Gasteiger partial charge < -0.3 is 29.3 Å². The number of ketones is 1. The quantitative estimate of drug-likeness (QED) is 0.263. The Morgan fingerprint density at radius 1 is 1.20 bits per heavy atom.